The molecule has 8 heteroatoms. The Morgan fingerprint density at radius 1 is 1.58 bits per heavy atom. The molecule has 0 aromatic carbocycles. The molecule has 7 nitrogen and oxygen atoms in total. The van der Waals surface area contributed by atoms with E-state index in [0.717, 1.165) is 19.4 Å². The van der Waals surface area contributed by atoms with Crippen molar-refractivity contribution < 1.29 is 8.42 Å². The molecule has 2 heterocycles. The fourth-order valence-electron chi connectivity index (χ4n) is 2.18. The van der Waals surface area contributed by atoms with E-state index in [4.69, 9.17) is 5.84 Å². The van der Waals surface area contributed by atoms with Crippen molar-refractivity contribution in [1.82, 2.24) is 14.6 Å². The third-order valence-electron chi connectivity index (χ3n) is 3.37. The molecule has 1 aliphatic rings. The van der Waals surface area contributed by atoms with Gasteiger partial charge in [-0.1, -0.05) is 0 Å². The van der Waals surface area contributed by atoms with Crippen molar-refractivity contribution in [2.75, 3.05) is 25.6 Å². The van der Waals surface area contributed by atoms with E-state index < -0.39 is 10.0 Å². The summed E-state index contributed by atoms with van der Waals surface area (Å²) in [5, 5.41) is 0. The topological polar surface area (TPSA) is 100 Å². The fourth-order valence-corrected chi connectivity index (χ4v) is 3.27. The second kappa shape index (κ2) is 5.83. The number of rotatable bonds is 5. The zero-order valence-corrected chi connectivity index (χ0v) is 11.7. The van der Waals surface area contributed by atoms with Gasteiger partial charge >= 0.3 is 0 Å². The van der Waals surface area contributed by atoms with Gasteiger partial charge in [0.15, 0.2) is 0 Å². The van der Waals surface area contributed by atoms with Crippen LogP contribution in [0.25, 0.3) is 0 Å². The molecule has 1 aromatic rings. The highest BCUT2D eigenvalue weighted by Gasteiger charge is 2.23. The maximum atomic E-state index is 12.1. The second-order valence-corrected chi connectivity index (χ2v) is 6.42. The Balaban J connectivity index is 2.05. The molecule has 1 aliphatic heterocycles. The SMILES string of the molecule is CN1CCCC1CNS(=O)(=O)c1ccnc(NN)c1. The summed E-state index contributed by atoms with van der Waals surface area (Å²) in [5.41, 5.74) is 2.33. The number of pyridine rings is 1. The van der Waals surface area contributed by atoms with E-state index in [2.05, 4.69) is 20.0 Å². The third kappa shape index (κ3) is 3.41. The molecule has 1 saturated heterocycles. The number of sulfonamides is 1. The highest BCUT2D eigenvalue weighted by atomic mass is 32.2. The first-order valence-electron chi connectivity index (χ1n) is 6.15. The Kier molecular flexibility index (Phi) is 4.35. The Bertz CT molecular complexity index is 534. The maximum absolute atomic E-state index is 12.1. The molecule has 0 bridgehead atoms. The van der Waals surface area contributed by atoms with E-state index in [9.17, 15) is 8.42 Å². The van der Waals surface area contributed by atoms with Crippen LogP contribution in [0.3, 0.4) is 0 Å². The molecule has 2 rings (SSSR count). The van der Waals surface area contributed by atoms with Gasteiger partial charge in [-0.25, -0.2) is 24.0 Å². The molecule has 0 amide bonds. The number of hydrazine groups is 1. The standard InChI is InChI=1S/C11H19N5O2S/c1-16-6-2-3-9(16)8-14-19(17,18)10-4-5-13-11(7-10)15-12/h4-5,7,9,14H,2-3,6,8,12H2,1H3,(H,13,15). The molecule has 0 saturated carbocycles. The molecule has 0 aliphatic carbocycles. The lowest BCUT2D eigenvalue weighted by atomic mass is 10.2. The average molecular weight is 285 g/mol. The van der Waals surface area contributed by atoms with Crippen LogP contribution in [0.15, 0.2) is 23.2 Å². The molecule has 0 spiro atoms. The lowest BCUT2D eigenvalue weighted by Crippen LogP contribution is -2.38. The van der Waals surface area contributed by atoms with E-state index in [1.807, 2.05) is 7.05 Å². The van der Waals surface area contributed by atoms with Crippen LogP contribution >= 0.6 is 0 Å². The van der Waals surface area contributed by atoms with Gasteiger partial charge in [0.05, 0.1) is 4.90 Å². The summed E-state index contributed by atoms with van der Waals surface area (Å²) in [6.45, 7) is 1.44. The number of hydrogen-bond acceptors (Lipinski definition) is 6. The summed E-state index contributed by atoms with van der Waals surface area (Å²) < 4.78 is 26.9. The molecule has 1 aromatic heterocycles. The van der Waals surface area contributed by atoms with Gasteiger partial charge in [-0.15, -0.1) is 0 Å². The van der Waals surface area contributed by atoms with Crippen molar-refractivity contribution in [3.63, 3.8) is 0 Å². The normalized spacial score (nSPS) is 20.6. The van der Waals surface area contributed by atoms with Crippen molar-refractivity contribution in [3.8, 4) is 0 Å². The van der Waals surface area contributed by atoms with Crippen molar-refractivity contribution in [2.24, 2.45) is 5.84 Å². The maximum Gasteiger partial charge on any atom is 0.240 e. The molecule has 106 valence electrons. The van der Waals surface area contributed by atoms with Crippen molar-refractivity contribution in [1.29, 1.82) is 0 Å². The van der Waals surface area contributed by atoms with Crippen LogP contribution in [-0.2, 0) is 10.0 Å². The van der Waals surface area contributed by atoms with Gasteiger partial charge in [0.2, 0.25) is 10.0 Å². The third-order valence-corrected chi connectivity index (χ3v) is 4.79. The van der Waals surface area contributed by atoms with E-state index in [1.54, 1.807) is 0 Å². The van der Waals surface area contributed by atoms with E-state index in [0.29, 0.717) is 12.4 Å². The zero-order valence-electron chi connectivity index (χ0n) is 10.8. The lowest BCUT2D eigenvalue weighted by Gasteiger charge is -2.19. The Morgan fingerprint density at radius 2 is 2.37 bits per heavy atom. The minimum atomic E-state index is -3.52. The largest absolute Gasteiger partial charge is 0.308 e. The predicted molar refractivity (Wildman–Crippen MR) is 72.9 cm³/mol. The smallest absolute Gasteiger partial charge is 0.240 e. The van der Waals surface area contributed by atoms with Gasteiger partial charge in [0.1, 0.15) is 5.82 Å². The number of nitrogen functional groups attached to an aromatic ring is 1. The number of likely N-dealkylation sites (tertiary alicyclic amines) is 1. The predicted octanol–water partition coefficient (Wildman–Crippen LogP) is -0.260. The van der Waals surface area contributed by atoms with Crippen LogP contribution in [0.5, 0.6) is 0 Å². The van der Waals surface area contributed by atoms with Crippen molar-refractivity contribution >= 4 is 15.8 Å². The first-order valence-corrected chi connectivity index (χ1v) is 7.64. The number of nitrogens with two attached hydrogens (primary N) is 1. The number of anilines is 1. The molecule has 1 unspecified atom stereocenters. The summed E-state index contributed by atoms with van der Waals surface area (Å²) >= 11 is 0. The van der Waals surface area contributed by atoms with E-state index >= 15 is 0 Å². The van der Waals surface area contributed by atoms with Crippen LogP contribution in [0.2, 0.25) is 0 Å². The summed E-state index contributed by atoms with van der Waals surface area (Å²) in [6, 6.07) is 3.12. The van der Waals surface area contributed by atoms with E-state index in [1.165, 1.54) is 18.3 Å². The Hall–Kier alpha value is -1.22. The molecule has 1 fully saturated rings. The van der Waals surface area contributed by atoms with Gasteiger partial charge in [-0.05, 0) is 32.5 Å². The lowest BCUT2D eigenvalue weighted by molar-refractivity contribution is 0.311. The minimum Gasteiger partial charge on any atom is -0.308 e. The monoisotopic (exact) mass is 285 g/mol. The summed E-state index contributed by atoms with van der Waals surface area (Å²) in [4.78, 5) is 6.22. The average Bonchev–Trinajstić information content (AvgIpc) is 2.82. The van der Waals surface area contributed by atoms with Crippen LogP contribution in [0.1, 0.15) is 12.8 Å². The van der Waals surface area contributed by atoms with Crippen LogP contribution in [0, 0.1) is 0 Å². The summed E-state index contributed by atoms with van der Waals surface area (Å²) in [5.74, 6) is 5.54. The number of likely N-dealkylation sites (N-methyl/N-ethyl adjacent to an activating group) is 1. The fraction of sp³-hybridized carbons (Fsp3) is 0.545. The molecule has 4 N–H and O–H groups in total. The van der Waals surface area contributed by atoms with Gasteiger partial charge in [0.25, 0.3) is 0 Å². The van der Waals surface area contributed by atoms with Crippen molar-refractivity contribution in [3.05, 3.63) is 18.3 Å². The highest BCUT2D eigenvalue weighted by Crippen LogP contribution is 2.16. The molecule has 0 radical (unpaired) electrons. The molecule has 1 atom stereocenters. The van der Waals surface area contributed by atoms with E-state index in [-0.39, 0.29) is 10.9 Å². The minimum absolute atomic E-state index is 0.163. The van der Waals surface area contributed by atoms with Gasteiger partial charge in [0, 0.05) is 24.8 Å². The van der Waals surface area contributed by atoms with Crippen LogP contribution < -0.4 is 16.0 Å². The van der Waals surface area contributed by atoms with Crippen molar-refractivity contribution in [2.45, 2.75) is 23.8 Å². The number of nitrogens with one attached hydrogen (secondary N) is 2. The first kappa shape index (κ1) is 14.2. The van der Waals surface area contributed by atoms with Crippen LogP contribution in [-0.4, -0.2) is 44.5 Å². The van der Waals surface area contributed by atoms with Gasteiger partial charge in [-0.2, -0.15) is 0 Å². The first-order chi connectivity index (χ1) is 9.03. The number of aromatic nitrogens is 1. The Labute approximate surface area is 113 Å². The second-order valence-electron chi connectivity index (χ2n) is 4.65. The van der Waals surface area contributed by atoms with Gasteiger partial charge in [-0.3, -0.25) is 0 Å². The quantitative estimate of drug-likeness (QED) is 0.509. The molecular weight excluding hydrogens is 266 g/mol. The highest BCUT2D eigenvalue weighted by molar-refractivity contribution is 7.89. The molecular formula is C11H19N5O2S. The van der Waals surface area contributed by atoms with Gasteiger partial charge < -0.3 is 10.3 Å². The number of nitrogens with zero attached hydrogens (tertiary/aromatic N) is 2. The summed E-state index contributed by atoms with van der Waals surface area (Å²) in [6.07, 6.45) is 3.54. The Morgan fingerprint density at radius 3 is 3.00 bits per heavy atom. The molecule has 19 heavy (non-hydrogen) atoms. The summed E-state index contributed by atoms with van der Waals surface area (Å²) in [7, 11) is -1.51. The zero-order chi connectivity index (χ0) is 13.9. The van der Waals surface area contributed by atoms with Crippen LogP contribution in [0.4, 0.5) is 5.82 Å². The number of hydrogen-bond donors (Lipinski definition) is 3.